The minimum absolute atomic E-state index is 0.00820. The van der Waals surface area contributed by atoms with Gasteiger partial charge in [-0.3, -0.25) is 4.79 Å². The molecule has 1 N–H and O–H groups in total. The van der Waals surface area contributed by atoms with Crippen molar-refractivity contribution >= 4 is 5.91 Å². The first-order valence-corrected chi connectivity index (χ1v) is 8.19. The van der Waals surface area contributed by atoms with Gasteiger partial charge in [-0.1, -0.05) is 0 Å². The molecule has 0 aromatic heterocycles. The number of nitrogens with zero attached hydrogens (tertiary/aromatic N) is 1. The Balaban J connectivity index is 2.13. The van der Waals surface area contributed by atoms with Gasteiger partial charge in [0.1, 0.15) is 0 Å². The van der Waals surface area contributed by atoms with Gasteiger partial charge in [-0.25, -0.2) is 0 Å². The summed E-state index contributed by atoms with van der Waals surface area (Å²) >= 11 is 0. The largest absolute Gasteiger partial charge is 0.416 e. The number of benzene rings is 1. The first-order chi connectivity index (χ1) is 11.9. The second kappa shape index (κ2) is 7.46. The van der Waals surface area contributed by atoms with Crippen molar-refractivity contribution in [3.05, 3.63) is 34.9 Å². The standard InChI is InChI=1S/C17H20F6N2O/c1-10(2)25-4-3-11(9-25)8-24-15(26)12-5-13(16(18,19)20)7-14(6-12)17(21,22)23/h5-7,10-11H,3-4,8-9H2,1-2H3,(H,24,26). The SMILES string of the molecule is CC(C)N1CCC(CNC(=O)c2cc(C(F)(F)F)cc(C(F)(F)F)c2)C1. The molecule has 1 atom stereocenters. The maximum Gasteiger partial charge on any atom is 0.416 e. The van der Waals surface area contributed by atoms with E-state index in [1.807, 2.05) is 13.8 Å². The molecule has 1 fully saturated rings. The van der Waals surface area contributed by atoms with Crippen molar-refractivity contribution in [1.82, 2.24) is 10.2 Å². The minimum atomic E-state index is -4.97. The van der Waals surface area contributed by atoms with E-state index in [1.54, 1.807) is 0 Å². The molecule has 146 valence electrons. The van der Waals surface area contributed by atoms with Crippen molar-refractivity contribution in [2.45, 2.75) is 38.7 Å². The molecule has 0 saturated carbocycles. The van der Waals surface area contributed by atoms with Gasteiger partial charge in [0.25, 0.3) is 5.91 Å². The van der Waals surface area contributed by atoms with E-state index < -0.39 is 35.0 Å². The highest BCUT2D eigenvalue weighted by atomic mass is 19.4. The highest BCUT2D eigenvalue weighted by Gasteiger charge is 2.37. The molecule has 0 radical (unpaired) electrons. The summed E-state index contributed by atoms with van der Waals surface area (Å²) in [4.78, 5) is 14.3. The predicted octanol–water partition coefficient (Wildman–Crippen LogP) is 4.18. The maximum absolute atomic E-state index is 12.8. The molecule has 1 aromatic rings. The number of carbonyl (C=O) groups is 1. The molecule has 1 aliphatic heterocycles. The summed E-state index contributed by atoms with van der Waals surface area (Å²) in [5, 5.41) is 2.46. The lowest BCUT2D eigenvalue weighted by Gasteiger charge is -2.20. The van der Waals surface area contributed by atoms with Crippen LogP contribution in [-0.2, 0) is 12.4 Å². The Hall–Kier alpha value is -1.77. The Morgan fingerprint density at radius 2 is 1.65 bits per heavy atom. The van der Waals surface area contributed by atoms with E-state index in [0.29, 0.717) is 18.2 Å². The first-order valence-electron chi connectivity index (χ1n) is 8.19. The van der Waals surface area contributed by atoms with Gasteiger partial charge in [-0.2, -0.15) is 26.3 Å². The molecule has 1 amide bonds. The fourth-order valence-electron chi connectivity index (χ4n) is 2.92. The summed E-state index contributed by atoms with van der Waals surface area (Å²) in [5.41, 5.74) is -3.64. The van der Waals surface area contributed by atoms with E-state index >= 15 is 0 Å². The summed E-state index contributed by atoms with van der Waals surface area (Å²) in [7, 11) is 0. The van der Waals surface area contributed by atoms with E-state index in [0.717, 1.165) is 19.5 Å². The van der Waals surface area contributed by atoms with E-state index in [1.165, 1.54) is 0 Å². The highest BCUT2D eigenvalue weighted by Crippen LogP contribution is 2.36. The van der Waals surface area contributed by atoms with Crippen LogP contribution in [-0.4, -0.2) is 36.5 Å². The average molecular weight is 382 g/mol. The summed E-state index contributed by atoms with van der Waals surface area (Å²) < 4.78 is 77.1. The number of amides is 1. The second-order valence-electron chi connectivity index (χ2n) is 6.75. The predicted molar refractivity (Wildman–Crippen MR) is 83.6 cm³/mol. The maximum atomic E-state index is 12.8. The van der Waals surface area contributed by atoms with Crippen molar-refractivity contribution in [3.8, 4) is 0 Å². The number of alkyl halides is 6. The van der Waals surface area contributed by atoms with Crippen molar-refractivity contribution in [2.24, 2.45) is 5.92 Å². The first kappa shape index (κ1) is 20.5. The number of hydrogen-bond donors (Lipinski definition) is 1. The van der Waals surface area contributed by atoms with Gasteiger partial charge in [0.15, 0.2) is 0 Å². The van der Waals surface area contributed by atoms with Crippen LogP contribution in [0, 0.1) is 5.92 Å². The molecule has 2 rings (SSSR count). The Morgan fingerprint density at radius 3 is 2.08 bits per heavy atom. The Morgan fingerprint density at radius 1 is 1.12 bits per heavy atom. The normalized spacial score (nSPS) is 19.2. The quantitative estimate of drug-likeness (QED) is 0.793. The molecule has 1 aromatic carbocycles. The average Bonchev–Trinajstić information content (AvgIpc) is 2.99. The smallest absolute Gasteiger partial charge is 0.352 e. The zero-order valence-corrected chi connectivity index (χ0v) is 14.3. The van der Waals surface area contributed by atoms with Crippen LogP contribution in [0.2, 0.25) is 0 Å². The fourth-order valence-corrected chi connectivity index (χ4v) is 2.92. The molecule has 1 aliphatic rings. The van der Waals surface area contributed by atoms with E-state index in [4.69, 9.17) is 0 Å². The number of nitrogens with one attached hydrogen (secondary N) is 1. The molecule has 0 spiro atoms. The van der Waals surface area contributed by atoms with Crippen molar-refractivity contribution in [2.75, 3.05) is 19.6 Å². The monoisotopic (exact) mass is 382 g/mol. The van der Waals surface area contributed by atoms with Crippen molar-refractivity contribution < 1.29 is 31.1 Å². The van der Waals surface area contributed by atoms with Gasteiger partial charge < -0.3 is 10.2 Å². The van der Waals surface area contributed by atoms with Crippen LogP contribution in [0.15, 0.2) is 18.2 Å². The number of halogens is 6. The van der Waals surface area contributed by atoms with Gasteiger partial charge in [0, 0.05) is 24.7 Å². The molecule has 0 aliphatic carbocycles. The van der Waals surface area contributed by atoms with Crippen molar-refractivity contribution in [3.63, 3.8) is 0 Å². The van der Waals surface area contributed by atoms with Crippen LogP contribution in [0.5, 0.6) is 0 Å². The lowest BCUT2D eigenvalue weighted by molar-refractivity contribution is -0.143. The molecule has 9 heteroatoms. The molecule has 3 nitrogen and oxygen atoms in total. The van der Waals surface area contributed by atoms with Gasteiger partial charge in [-0.15, -0.1) is 0 Å². The molecule has 26 heavy (non-hydrogen) atoms. The molecule has 1 heterocycles. The van der Waals surface area contributed by atoms with Crippen LogP contribution >= 0.6 is 0 Å². The Kier molecular flexibility index (Phi) is 5.89. The number of likely N-dealkylation sites (tertiary alicyclic amines) is 1. The third-order valence-electron chi connectivity index (χ3n) is 4.45. The molecular formula is C17H20F6N2O. The zero-order valence-electron chi connectivity index (χ0n) is 14.3. The lowest BCUT2D eigenvalue weighted by Crippen LogP contribution is -2.33. The number of rotatable bonds is 4. The van der Waals surface area contributed by atoms with Gasteiger partial charge in [0.05, 0.1) is 11.1 Å². The fraction of sp³-hybridized carbons (Fsp3) is 0.588. The van der Waals surface area contributed by atoms with Gasteiger partial charge in [0.2, 0.25) is 0 Å². The minimum Gasteiger partial charge on any atom is -0.352 e. The third-order valence-corrected chi connectivity index (χ3v) is 4.45. The van der Waals surface area contributed by atoms with E-state index in [9.17, 15) is 31.1 Å². The highest BCUT2D eigenvalue weighted by molar-refractivity contribution is 5.94. The molecular weight excluding hydrogens is 362 g/mol. The molecule has 1 saturated heterocycles. The molecule has 0 bridgehead atoms. The van der Waals surface area contributed by atoms with E-state index in [-0.39, 0.29) is 18.5 Å². The summed E-state index contributed by atoms with van der Waals surface area (Å²) in [6, 6.07) is 1.24. The second-order valence-corrected chi connectivity index (χ2v) is 6.75. The summed E-state index contributed by atoms with van der Waals surface area (Å²) in [6.07, 6.45) is -9.13. The lowest BCUT2D eigenvalue weighted by atomic mass is 10.0. The number of hydrogen-bond acceptors (Lipinski definition) is 2. The molecule has 1 unspecified atom stereocenters. The topological polar surface area (TPSA) is 32.3 Å². The van der Waals surface area contributed by atoms with Crippen LogP contribution in [0.1, 0.15) is 41.8 Å². The summed E-state index contributed by atoms with van der Waals surface area (Å²) in [6.45, 7) is 5.85. The van der Waals surface area contributed by atoms with Crippen molar-refractivity contribution in [1.29, 1.82) is 0 Å². The summed E-state index contributed by atoms with van der Waals surface area (Å²) in [5.74, 6) is -0.821. The van der Waals surface area contributed by atoms with Gasteiger partial charge >= 0.3 is 12.4 Å². The Bertz CT molecular complexity index is 621. The van der Waals surface area contributed by atoms with E-state index in [2.05, 4.69) is 10.2 Å². The van der Waals surface area contributed by atoms with Crippen LogP contribution in [0.4, 0.5) is 26.3 Å². The zero-order chi connectivity index (χ0) is 19.7. The number of carbonyl (C=O) groups excluding carboxylic acids is 1. The van der Waals surface area contributed by atoms with Crippen LogP contribution in [0.25, 0.3) is 0 Å². The van der Waals surface area contributed by atoms with Crippen LogP contribution in [0.3, 0.4) is 0 Å². The van der Waals surface area contributed by atoms with Crippen LogP contribution < -0.4 is 5.32 Å². The third kappa shape index (κ3) is 5.12. The Labute approximate surface area is 147 Å². The van der Waals surface area contributed by atoms with Gasteiger partial charge in [-0.05, 0) is 50.9 Å².